The molecule has 5 heteroatoms. The molecule has 260 valence electrons. The molecule has 0 bridgehead atoms. The highest BCUT2D eigenvalue weighted by Crippen LogP contribution is 2.60. The lowest BCUT2D eigenvalue weighted by molar-refractivity contribution is 0.0406. The number of aliphatic hydroxyl groups is 1. The Bertz CT molecular complexity index is 1100. The summed E-state index contributed by atoms with van der Waals surface area (Å²) in [4.78, 5) is 0. The van der Waals surface area contributed by atoms with Crippen LogP contribution < -0.4 is 0 Å². The molecule has 0 amide bonds. The summed E-state index contributed by atoms with van der Waals surface area (Å²) in [6.07, 6.45) is 15.8. The van der Waals surface area contributed by atoms with E-state index in [-0.39, 0.29) is 28.2 Å². The fourth-order valence-electron chi connectivity index (χ4n) is 8.26. The van der Waals surface area contributed by atoms with E-state index in [1.807, 2.05) is 13.8 Å². The van der Waals surface area contributed by atoms with E-state index in [9.17, 15) is 5.11 Å². The highest BCUT2D eigenvalue weighted by atomic mass is 28.4. The third-order valence-corrected chi connectivity index (χ3v) is 22.4. The van der Waals surface area contributed by atoms with Gasteiger partial charge < -0.3 is 14.0 Å². The lowest BCUT2D eigenvalue weighted by Crippen LogP contribution is -2.53. The van der Waals surface area contributed by atoms with Crippen LogP contribution in [0.15, 0.2) is 35.5 Å². The maximum atomic E-state index is 10.3. The summed E-state index contributed by atoms with van der Waals surface area (Å²) >= 11 is 0. The molecule has 0 aromatic carbocycles. The molecule has 3 aliphatic carbocycles. The van der Waals surface area contributed by atoms with Crippen LogP contribution in [0.4, 0.5) is 0 Å². The first kappa shape index (κ1) is 39.0. The summed E-state index contributed by atoms with van der Waals surface area (Å²) in [5.41, 5.74) is 4.02. The minimum absolute atomic E-state index is 0.00343. The molecule has 3 rings (SSSR count). The zero-order chi connectivity index (χ0) is 34.4. The van der Waals surface area contributed by atoms with Crippen LogP contribution in [0, 0.1) is 29.1 Å². The molecule has 1 unspecified atom stereocenters. The van der Waals surface area contributed by atoms with Gasteiger partial charge in [-0.15, -0.1) is 0 Å². The Kier molecular flexibility index (Phi) is 12.0. The zero-order valence-electron chi connectivity index (χ0n) is 32.5. The van der Waals surface area contributed by atoms with Crippen molar-refractivity contribution in [1.82, 2.24) is 0 Å². The number of allylic oxidation sites excluding steroid dienone is 3. The van der Waals surface area contributed by atoms with Crippen LogP contribution in [-0.4, -0.2) is 39.6 Å². The molecule has 3 fully saturated rings. The first-order valence-corrected chi connectivity index (χ1v) is 24.3. The van der Waals surface area contributed by atoms with Crippen LogP contribution in [0.3, 0.4) is 0 Å². The smallest absolute Gasteiger partial charge is 0.192 e. The number of rotatable bonds is 10. The van der Waals surface area contributed by atoms with Gasteiger partial charge >= 0.3 is 0 Å². The van der Waals surface area contributed by atoms with Gasteiger partial charge in [0.2, 0.25) is 0 Å². The molecule has 1 N–H and O–H groups in total. The Balaban J connectivity index is 1.90. The summed E-state index contributed by atoms with van der Waals surface area (Å²) in [7, 11) is -3.98. The van der Waals surface area contributed by atoms with Crippen molar-refractivity contribution >= 4 is 16.6 Å². The van der Waals surface area contributed by atoms with Crippen LogP contribution in [0.25, 0.3) is 0 Å². The van der Waals surface area contributed by atoms with Gasteiger partial charge in [0.1, 0.15) is 0 Å². The van der Waals surface area contributed by atoms with Gasteiger partial charge in [-0.05, 0) is 129 Å². The molecule has 7 atom stereocenters. The first-order chi connectivity index (χ1) is 20.3. The Morgan fingerprint density at radius 3 is 2.09 bits per heavy atom. The van der Waals surface area contributed by atoms with Gasteiger partial charge in [0.05, 0.1) is 17.8 Å². The van der Waals surface area contributed by atoms with Crippen LogP contribution in [0.2, 0.25) is 36.3 Å². The van der Waals surface area contributed by atoms with Gasteiger partial charge in [-0.25, -0.2) is 0 Å². The molecule has 3 aliphatic rings. The molecule has 3 saturated carbocycles. The van der Waals surface area contributed by atoms with Crippen LogP contribution in [0.1, 0.15) is 134 Å². The Morgan fingerprint density at radius 2 is 1.53 bits per heavy atom. The van der Waals surface area contributed by atoms with E-state index in [1.54, 1.807) is 5.57 Å². The highest BCUT2D eigenvalue weighted by molar-refractivity contribution is 6.74. The number of hydrogen-bond acceptors (Lipinski definition) is 3. The average Bonchev–Trinajstić information content (AvgIpc) is 3.23. The van der Waals surface area contributed by atoms with E-state index in [2.05, 4.69) is 101 Å². The summed E-state index contributed by atoms with van der Waals surface area (Å²) < 4.78 is 14.4. The summed E-state index contributed by atoms with van der Waals surface area (Å²) in [5, 5.41) is 10.6. The van der Waals surface area contributed by atoms with Gasteiger partial charge in [-0.2, -0.15) is 0 Å². The average molecular weight is 659 g/mol. The van der Waals surface area contributed by atoms with Crippen molar-refractivity contribution in [3.05, 3.63) is 35.5 Å². The molecule has 0 radical (unpaired) electrons. The van der Waals surface area contributed by atoms with E-state index < -0.39 is 22.2 Å². The SMILES string of the molecule is C=C1/C(=C\C=C2CCC[C@@]3(C)C2CC[C@@H]3[C@@H](C)CCCC(C)(C)O)C[C@@H](O[Si](C)(C)C(C)(C)C)[C@H](C)[C@@H]1O[Si](C)(C)C(C)(C)C. The maximum absolute atomic E-state index is 10.3. The number of hydrogen-bond donors (Lipinski definition) is 1. The fraction of sp³-hybridized carbons (Fsp3) is 0.850. The highest BCUT2D eigenvalue weighted by Gasteiger charge is 2.51. The second kappa shape index (κ2) is 13.8. The van der Waals surface area contributed by atoms with Crippen molar-refractivity contribution in [3.8, 4) is 0 Å². The quantitative estimate of drug-likeness (QED) is 0.237. The number of fused-ring (bicyclic) bond motifs is 1. The van der Waals surface area contributed by atoms with Gasteiger partial charge in [-0.1, -0.05) is 99.5 Å². The molecule has 45 heavy (non-hydrogen) atoms. The van der Waals surface area contributed by atoms with Crippen molar-refractivity contribution in [2.75, 3.05) is 0 Å². The minimum Gasteiger partial charge on any atom is -0.413 e. The maximum Gasteiger partial charge on any atom is 0.192 e. The van der Waals surface area contributed by atoms with Gasteiger partial charge in [-0.3, -0.25) is 0 Å². The van der Waals surface area contributed by atoms with Crippen molar-refractivity contribution in [3.63, 3.8) is 0 Å². The first-order valence-electron chi connectivity index (χ1n) is 18.5. The molecule has 0 aromatic rings. The van der Waals surface area contributed by atoms with Crippen LogP contribution >= 0.6 is 0 Å². The molecule has 0 saturated heterocycles. The third-order valence-electron chi connectivity index (χ3n) is 13.4. The second-order valence-corrected chi connectivity index (χ2v) is 29.0. The molecule has 3 nitrogen and oxygen atoms in total. The molecular weight excluding hydrogens is 585 g/mol. The zero-order valence-corrected chi connectivity index (χ0v) is 34.5. The van der Waals surface area contributed by atoms with Crippen LogP contribution in [0.5, 0.6) is 0 Å². The lowest BCUT2D eigenvalue weighted by atomic mass is 9.60. The van der Waals surface area contributed by atoms with E-state index in [4.69, 9.17) is 15.4 Å². The topological polar surface area (TPSA) is 38.7 Å². The van der Waals surface area contributed by atoms with Gasteiger partial charge in [0.15, 0.2) is 16.6 Å². The molecular formula is C40H74O3Si2. The Morgan fingerprint density at radius 1 is 0.956 bits per heavy atom. The molecule has 0 aromatic heterocycles. The normalized spacial score (nSPS) is 33.2. The van der Waals surface area contributed by atoms with Crippen LogP contribution in [-0.2, 0) is 8.85 Å². The summed E-state index contributed by atoms with van der Waals surface area (Å²) in [6, 6.07) is 0. The fourth-order valence-corrected chi connectivity index (χ4v) is 11.0. The predicted molar refractivity (Wildman–Crippen MR) is 201 cm³/mol. The van der Waals surface area contributed by atoms with Crippen molar-refractivity contribution in [2.45, 2.75) is 188 Å². The Labute approximate surface area is 282 Å². The molecule has 0 spiro atoms. The molecule has 0 heterocycles. The lowest BCUT2D eigenvalue weighted by Gasteiger charge is -2.48. The largest absolute Gasteiger partial charge is 0.413 e. The predicted octanol–water partition coefficient (Wildman–Crippen LogP) is 12.0. The van der Waals surface area contributed by atoms with Crippen molar-refractivity contribution in [1.29, 1.82) is 0 Å². The van der Waals surface area contributed by atoms with Gasteiger partial charge in [0.25, 0.3) is 0 Å². The third kappa shape index (κ3) is 8.96. The standard InChI is InChI=1S/C40H74O3Si2/c1-28(19-17-25-39(10,11)41)33-23-24-34-31(20-18-26-40(33,34)12)21-22-32-27-35(42-44(13,14)37(4,5)6)30(3)36(29(32)2)43-45(15,16)38(7,8)9/h21-22,28,30,33-36,41H,2,17-20,23-27H2,1,3-16H3/b31-21?,32-22-/t28-,30-,33+,34?,35+,36+,40+/m0/s1. The van der Waals surface area contributed by atoms with E-state index in [0.717, 1.165) is 25.2 Å². The minimum atomic E-state index is -2.01. The Hall–Kier alpha value is -0.466. The monoisotopic (exact) mass is 659 g/mol. The summed E-state index contributed by atoms with van der Waals surface area (Å²) in [6.45, 7) is 39.7. The van der Waals surface area contributed by atoms with E-state index in [0.29, 0.717) is 17.3 Å². The summed E-state index contributed by atoms with van der Waals surface area (Å²) in [5.74, 6) is 2.44. The molecule has 0 aliphatic heterocycles. The van der Waals surface area contributed by atoms with E-state index in [1.165, 1.54) is 49.7 Å². The van der Waals surface area contributed by atoms with Gasteiger partial charge in [0, 0.05) is 5.92 Å². The van der Waals surface area contributed by atoms with Crippen molar-refractivity contribution in [2.24, 2.45) is 29.1 Å². The van der Waals surface area contributed by atoms with Crippen molar-refractivity contribution < 1.29 is 14.0 Å². The van der Waals surface area contributed by atoms with E-state index >= 15 is 0 Å². The second-order valence-electron chi connectivity index (χ2n) is 19.5.